The van der Waals surface area contributed by atoms with E-state index in [0.29, 0.717) is 22.7 Å². The second-order valence-corrected chi connectivity index (χ2v) is 8.08. The Kier molecular flexibility index (Phi) is 5.63. The zero-order valence-electron chi connectivity index (χ0n) is 17.0. The highest BCUT2D eigenvalue weighted by atomic mass is 32.1. The first-order valence-electron chi connectivity index (χ1n) is 9.68. The molecule has 0 aliphatic heterocycles. The molecule has 0 aliphatic carbocycles. The van der Waals surface area contributed by atoms with E-state index >= 15 is 0 Å². The molecule has 0 fully saturated rings. The number of nitrogens with zero attached hydrogens (tertiary/aromatic N) is 2. The molecule has 4 nitrogen and oxygen atoms in total. The van der Waals surface area contributed by atoms with Gasteiger partial charge in [0.2, 0.25) is 0 Å². The lowest BCUT2D eigenvalue weighted by molar-refractivity contribution is 0.0998. The van der Waals surface area contributed by atoms with Gasteiger partial charge in [0.25, 0.3) is 5.91 Å². The van der Waals surface area contributed by atoms with Crippen LogP contribution in [-0.4, -0.2) is 10.5 Å². The van der Waals surface area contributed by atoms with Crippen molar-refractivity contribution in [1.82, 2.24) is 4.57 Å². The summed E-state index contributed by atoms with van der Waals surface area (Å²) in [6, 6.07) is 20.9. The summed E-state index contributed by atoms with van der Waals surface area (Å²) in [6.07, 6.45) is 1.82. The lowest BCUT2D eigenvalue weighted by Gasteiger charge is -2.06. The van der Waals surface area contributed by atoms with E-state index in [4.69, 9.17) is 4.74 Å². The fourth-order valence-corrected chi connectivity index (χ4v) is 4.63. The number of rotatable bonds is 5. The second kappa shape index (κ2) is 8.51. The van der Waals surface area contributed by atoms with Crippen LogP contribution in [0.2, 0.25) is 0 Å². The van der Waals surface area contributed by atoms with Gasteiger partial charge in [0, 0.05) is 12.1 Å². The number of hydrogen-bond acceptors (Lipinski definition) is 3. The van der Waals surface area contributed by atoms with Crippen LogP contribution < -0.4 is 9.54 Å². The summed E-state index contributed by atoms with van der Waals surface area (Å²) in [5.74, 6) is 1.15. The van der Waals surface area contributed by atoms with Gasteiger partial charge in [0.15, 0.2) is 4.80 Å². The summed E-state index contributed by atoms with van der Waals surface area (Å²) >= 11 is 1.52. The summed E-state index contributed by atoms with van der Waals surface area (Å²) in [7, 11) is 0. The first kappa shape index (κ1) is 19.9. The minimum atomic E-state index is -0.278. The van der Waals surface area contributed by atoms with Crippen molar-refractivity contribution in [2.75, 3.05) is 0 Å². The van der Waals surface area contributed by atoms with Crippen LogP contribution in [0.3, 0.4) is 0 Å². The molecule has 30 heavy (non-hydrogen) atoms. The highest BCUT2D eigenvalue weighted by molar-refractivity contribution is 7.16. The Hall–Kier alpha value is -3.44. The first-order valence-corrected chi connectivity index (χ1v) is 10.5. The quantitative estimate of drug-likeness (QED) is 0.374. The van der Waals surface area contributed by atoms with Crippen LogP contribution >= 0.6 is 11.3 Å². The predicted molar refractivity (Wildman–Crippen MR) is 122 cm³/mol. The minimum absolute atomic E-state index is 0.278. The van der Waals surface area contributed by atoms with Crippen LogP contribution in [0.4, 0.5) is 0 Å². The summed E-state index contributed by atoms with van der Waals surface area (Å²) in [6.45, 7) is 8.61. The number of aryl methyl sites for hydroxylation is 2. The Bertz CT molecular complexity index is 1280. The van der Waals surface area contributed by atoms with Gasteiger partial charge in [-0.3, -0.25) is 4.79 Å². The molecule has 0 radical (unpaired) electrons. The average molecular weight is 415 g/mol. The number of carbonyl (C=O) groups excluding carboxylic acids is 1. The summed E-state index contributed by atoms with van der Waals surface area (Å²) in [5.41, 5.74) is 3.98. The van der Waals surface area contributed by atoms with Gasteiger partial charge in [-0.1, -0.05) is 41.7 Å². The number of para-hydroxylation sites is 1. The average Bonchev–Trinajstić information content (AvgIpc) is 3.06. The molecule has 4 rings (SSSR count). The molecule has 0 N–H and O–H groups in total. The van der Waals surface area contributed by atoms with Crippen molar-refractivity contribution in [1.29, 1.82) is 0 Å². The standard InChI is InChI=1S/C25H22N2O2S/c1-4-14-27-23-18(3)15-17(2)16-22(23)30-25(27)26-24(28)19-10-12-21(13-11-19)29-20-8-6-5-7-9-20/h4-13,15-16H,1,14H2,2-3H3. The third-order valence-electron chi connectivity index (χ3n) is 4.70. The monoisotopic (exact) mass is 414 g/mol. The number of thiazole rings is 1. The molecule has 150 valence electrons. The molecule has 0 unspecified atom stereocenters. The number of amides is 1. The molecule has 0 bridgehead atoms. The van der Waals surface area contributed by atoms with Crippen molar-refractivity contribution >= 4 is 27.5 Å². The van der Waals surface area contributed by atoms with E-state index in [-0.39, 0.29) is 5.91 Å². The third-order valence-corrected chi connectivity index (χ3v) is 5.73. The maximum absolute atomic E-state index is 12.8. The van der Waals surface area contributed by atoms with E-state index in [1.165, 1.54) is 22.5 Å². The molecular formula is C25H22N2O2S. The Morgan fingerprint density at radius 3 is 2.47 bits per heavy atom. The van der Waals surface area contributed by atoms with E-state index < -0.39 is 0 Å². The third kappa shape index (κ3) is 4.11. The number of ether oxygens (including phenoxy) is 1. The molecule has 0 atom stereocenters. The zero-order chi connectivity index (χ0) is 21.1. The molecule has 1 aromatic heterocycles. The number of aromatic nitrogens is 1. The van der Waals surface area contributed by atoms with Crippen molar-refractivity contribution < 1.29 is 9.53 Å². The molecule has 5 heteroatoms. The van der Waals surface area contributed by atoms with Gasteiger partial charge in [0.1, 0.15) is 11.5 Å². The Balaban J connectivity index is 1.67. The van der Waals surface area contributed by atoms with Crippen molar-refractivity contribution in [2.24, 2.45) is 4.99 Å². The van der Waals surface area contributed by atoms with Crippen LogP contribution in [0.1, 0.15) is 21.5 Å². The molecule has 0 saturated heterocycles. The smallest absolute Gasteiger partial charge is 0.279 e. The normalized spacial score (nSPS) is 11.6. The van der Waals surface area contributed by atoms with Gasteiger partial charge in [-0.05, 0) is 67.4 Å². The number of carbonyl (C=O) groups is 1. The van der Waals surface area contributed by atoms with Crippen LogP contribution in [0, 0.1) is 13.8 Å². The van der Waals surface area contributed by atoms with Gasteiger partial charge >= 0.3 is 0 Å². The van der Waals surface area contributed by atoms with Gasteiger partial charge in [-0.2, -0.15) is 4.99 Å². The summed E-state index contributed by atoms with van der Waals surface area (Å²) < 4.78 is 8.96. The van der Waals surface area contributed by atoms with Crippen molar-refractivity contribution in [2.45, 2.75) is 20.4 Å². The Morgan fingerprint density at radius 1 is 1.07 bits per heavy atom. The number of allylic oxidation sites excluding steroid dienone is 1. The van der Waals surface area contributed by atoms with Crippen LogP contribution in [0.25, 0.3) is 10.2 Å². The molecule has 4 aromatic rings. The highest BCUT2D eigenvalue weighted by Crippen LogP contribution is 2.24. The van der Waals surface area contributed by atoms with E-state index in [1.54, 1.807) is 24.3 Å². The largest absolute Gasteiger partial charge is 0.457 e. The minimum Gasteiger partial charge on any atom is -0.457 e. The Morgan fingerprint density at radius 2 is 1.77 bits per heavy atom. The first-order chi connectivity index (χ1) is 14.5. The fraction of sp³-hybridized carbons (Fsp3) is 0.120. The van der Waals surface area contributed by atoms with Crippen molar-refractivity contribution in [3.05, 3.63) is 101 Å². The SMILES string of the molecule is C=CCn1c(=NC(=O)c2ccc(Oc3ccccc3)cc2)sc2cc(C)cc(C)c21. The second-order valence-electron chi connectivity index (χ2n) is 7.07. The van der Waals surface area contributed by atoms with E-state index in [9.17, 15) is 4.79 Å². The zero-order valence-corrected chi connectivity index (χ0v) is 17.8. The summed E-state index contributed by atoms with van der Waals surface area (Å²) in [4.78, 5) is 17.9. The topological polar surface area (TPSA) is 43.6 Å². The maximum atomic E-state index is 12.8. The maximum Gasteiger partial charge on any atom is 0.279 e. The van der Waals surface area contributed by atoms with E-state index in [0.717, 1.165) is 16.0 Å². The fourth-order valence-electron chi connectivity index (χ4n) is 3.42. The van der Waals surface area contributed by atoms with Gasteiger partial charge < -0.3 is 9.30 Å². The van der Waals surface area contributed by atoms with Gasteiger partial charge in [0.05, 0.1) is 10.2 Å². The van der Waals surface area contributed by atoms with Crippen LogP contribution in [-0.2, 0) is 6.54 Å². The number of hydrogen-bond donors (Lipinski definition) is 0. The Labute approximate surface area is 179 Å². The molecule has 3 aromatic carbocycles. The van der Waals surface area contributed by atoms with Crippen molar-refractivity contribution in [3.63, 3.8) is 0 Å². The number of benzene rings is 3. The molecule has 1 heterocycles. The predicted octanol–water partition coefficient (Wildman–Crippen LogP) is 6.04. The summed E-state index contributed by atoms with van der Waals surface area (Å²) in [5, 5.41) is 0. The van der Waals surface area contributed by atoms with E-state index in [1.807, 2.05) is 41.0 Å². The lowest BCUT2D eigenvalue weighted by atomic mass is 10.1. The number of fused-ring (bicyclic) bond motifs is 1. The molecule has 1 amide bonds. The van der Waals surface area contributed by atoms with Crippen LogP contribution in [0.5, 0.6) is 11.5 Å². The highest BCUT2D eigenvalue weighted by Gasteiger charge is 2.11. The molecular weight excluding hydrogens is 392 g/mol. The van der Waals surface area contributed by atoms with Crippen LogP contribution in [0.15, 0.2) is 84.4 Å². The van der Waals surface area contributed by atoms with E-state index in [2.05, 4.69) is 37.6 Å². The van der Waals surface area contributed by atoms with Gasteiger partial charge in [-0.25, -0.2) is 0 Å². The van der Waals surface area contributed by atoms with Crippen molar-refractivity contribution in [3.8, 4) is 11.5 Å². The molecule has 0 aliphatic rings. The van der Waals surface area contributed by atoms with Gasteiger partial charge in [-0.15, -0.1) is 6.58 Å². The lowest BCUT2D eigenvalue weighted by Crippen LogP contribution is -2.16. The molecule has 0 spiro atoms. The molecule has 0 saturated carbocycles.